The fraction of sp³-hybridized carbons (Fsp3) is 0.867. The first kappa shape index (κ1) is 21.5. The van der Waals surface area contributed by atoms with E-state index in [9.17, 15) is 22.8 Å². The summed E-state index contributed by atoms with van der Waals surface area (Å²) in [6.45, 7) is 5.06. The van der Waals surface area contributed by atoms with Gasteiger partial charge in [-0.25, -0.2) is 4.79 Å². The fourth-order valence-corrected chi connectivity index (χ4v) is 2.33. The summed E-state index contributed by atoms with van der Waals surface area (Å²) in [7, 11) is 0. The predicted molar refractivity (Wildman–Crippen MR) is 86.2 cm³/mol. The van der Waals surface area contributed by atoms with Gasteiger partial charge in [-0.05, 0) is 13.3 Å². The Morgan fingerprint density at radius 2 is 1.84 bits per heavy atom. The van der Waals surface area contributed by atoms with Gasteiger partial charge in [-0.2, -0.15) is 13.2 Å². The van der Waals surface area contributed by atoms with Crippen LogP contribution in [0, 0.1) is 0 Å². The van der Waals surface area contributed by atoms with Crippen molar-refractivity contribution in [2.75, 3.05) is 52.5 Å². The van der Waals surface area contributed by atoms with E-state index in [1.807, 2.05) is 11.8 Å². The van der Waals surface area contributed by atoms with Crippen LogP contribution in [0.3, 0.4) is 0 Å². The van der Waals surface area contributed by atoms with Gasteiger partial charge >= 0.3 is 12.2 Å². The topological polar surface area (TPSA) is 73.9 Å². The molecule has 0 bridgehead atoms. The molecule has 1 saturated heterocycles. The number of alkyl halides is 3. The number of nitrogens with one attached hydrogen (secondary N) is 2. The number of rotatable bonds is 8. The zero-order valence-corrected chi connectivity index (χ0v) is 14.7. The average Bonchev–Trinajstić information content (AvgIpc) is 2.52. The van der Waals surface area contributed by atoms with Gasteiger partial charge in [-0.1, -0.05) is 6.92 Å². The highest BCUT2D eigenvalue weighted by Gasteiger charge is 2.28. The van der Waals surface area contributed by atoms with Crippen LogP contribution in [0.1, 0.15) is 20.3 Å². The molecule has 10 heteroatoms. The molecule has 0 aromatic heterocycles. The Balaban J connectivity index is 2.23. The van der Waals surface area contributed by atoms with Crippen LogP contribution in [-0.4, -0.2) is 86.4 Å². The molecular formula is C15H27F3N4O3. The number of hydrogen-bond donors (Lipinski definition) is 2. The number of hydrogen-bond acceptors (Lipinski definition) is 4. The van der Waals surface area contributed by atoms with Crippen LogP contribution in [0.4, 0.5) is 18.0 Å². The molecule has 0 aromatic carbocycles. The third-order valence-electron chi connectivity index (χ3n) is 3.60. The Labute approximate surface area is 145 Å². The number of piperazine rings is 1. The molecule has 1 rings (SSSR count). The lowest BCUT2D eigenvalue weighted by Crippen LogP contribution is -2.54. The van der Waals surface area contributed by atoms with E-state index in [0.717, 1.165) is 6.42 Å². The molecule has 1 fully saturated rings. The lowest BCUT2D eigenvalue weighted by molar-refractivity contribution is -0.174. The van der Waals surface area contributed by atoms with E-state index >= 15 is 0 Å². The van der Waals surface area contributed by atoms with Gasteiger partial charge in [0.05, 0.1) is 19.2 Å². The van der Waals surface area contributed by atoms with E-state index in [-0.39, 0.29) is 18.5 Å². The molecule has 1 atom stereocenters. The Hall–Kier alpha value is -1.55. The Kier molecular flexibility index (Phi) is 8.98. The first-order valence-electron chi connectivity index (χ1n) is 8.40. The SMILES string of the molecule is CCCNC(=O)CN1CCN(C(=O)NC(C)COCC(F)(F)F)CC1. The lowest BCUT2D eigenvalue weighted by atomic mass is 10.3. The van der Waals surface area contributed by atoms with Crippen LogP contribution in [0.5, 0.6) is 0 Å². The molecule has 0 spiro atoms. The molecular weight excluding hydrogens is 341 g/mol. The predicted octanol–water partition coefficient (Wildman–Crippen LogP) is 0.807. The van der Waals surface area contributed by atoms with E-state index in [1.54, 1.807) is 11.8 Å². The molecule has 0 saturated carbocycles. The molecule has 2 N–H and O–H groups in total. The third kappa shape index (κ3) is 9.49. The molecule has 0 aliphatic carbocycles. The van der Waals surface area contributed by atoms with Crippen LogP contribution < -0.4 is 10.6 Å². The molecule has 7 nitrogen and oxygen atoms in total. The standard InChI is InChI=1S/C15H27F3N4O3/c1-3-4-19-13(23)9-21-5-7-22(8-6-21)14(24)20-12(2)10-25-11-15(16,17)18/h12H,3-11H2,1-2H3,(H,19,23)(H,20,24). The van der Waals surface area contributed by atoms with Crippen molar-refractivity contribution < 1.29 is 27.5 Å². The molecule has 1 heterocycles. The van der Waals surface area contributed by atoms with Gasteiger partial charge in [0.1, 0.15) is 6.61 Å². The highest BCUT2D eigenvalue weighted by molar-refractivity contribution is 5.78. The van der Waals surface area contributed by atoms with Crippen molar-refractivity contribution in [1.82, 2.24) is 20.4 Å². The quantitative estimate of drug-likeness (QED) is 0.665. The number of ether oxygens (including phenoxy) is 1. The van der Waals surface area contributed by atoms with Gasteiger partial charge < -0.3 is 20.3 Å². The summed E-state index contributed by atoms with van der Waals surface area (Å²) in [4.78, 5) is 27.3. The van der Waals surface area contributed by atoms with Crippen molar-refractivity contribution in [3.8, 4) is 0 Å². The molecule has 3 amide bonds. The number of halogens is 3. The highest BCUT2D eigenvalue weighted by Crippen LogP contribution is 2.14. The Morgan fingerprint density at radius 1 is 1.20 bits per heavy atom. The van der Waals surface area contributed by atoms with Crippen LogP contribution in [0.25, 0.3) is 0 Å². The van der Waals surface area contributed by atoms with Gasteiger partial charge in [0.15, 0.2) is 0 Å². The van der Waals surface area contributed by atoms with Crippen molar-refractivity contribution in [3.63, 3.8) is 0 Å². The summed E-state index contributed by atoms with van der Waals surface area (Å²) in [6, 6.07) is -0.856. The van der Waals surface area contributed by atoms with Gasteiger partial charge in [-0.15, -0.1) is 0 Å². The summed E-state index contributed by atoms with van der Waals surface area (Å²) in [6.07, 6.45) is -3.49. The zero-order chi connectivity index (χ0) is 18.9. The monoisotopic (exact) mass is 368 g/mol. The maximum atomic E-state index is 12.1. The van der Waals surface area contributed by atoms with Gasteiger partial charge in [0.25, 0.3) is 0 Å². The maximum Gasteiger partial charge on any atom is 0.411 e. The van der Waals surface area contributed by atoms with Gasteiger partial charge in [0.2, 0.25) is 5.91 Å². The second-order valence-corrected chi connectivity index (χ2v) is 6.09. The molecule has 1 aliphatic rings. The molecule has 0 aromatic rings. The van der Waals surface area contributed by atoms with Crippen molar-refractivity contribution in [2.24, 2.45) is 0 Å². The number of carbonyl (C=O) groups is 2. The summed E-state index contributed by atoms with van der Waals surface area (Å²) < 4.78 is 40.5. The second-order valence-electron chi connectivity index (χ2n) is 6.09. The normalized spacial score (nSPS) is 17.2. The smallest absolute Gasteiger partial charge is 0.370 e. The van der Waals surface area contributed by atoms with Crippen LogP contribution in [0.2, 0.25) is 0 Å². The van der Waals surface area contributed by atoms with Crippen LogP contribution in [0.15, 0.2) is 0 Å². The van der Waals surface area contributed by atoms with Gasteiger partial charge in [-0.3, -0.25) is 9.69 Å². The Morgan fingerprint density at radius 3 is 2.40 bits per heavy atom. The van der Waals surface area contributed by atoms with Crippen LogP contribution in [-0.2, 0) is 9.53 Å². The summed E-state index contributed by atoms with van der Waals surface area (Å²) in [5.74, 6) is -0.0322. The van der Waals surface area contributed by atoms with E-state index < -0.39 is 18.8 Å². The lowest BCUT2D eigenvalue weighted by Gasteiger charge is -2.34. The minimum Gasteiger partial charge on any atom is -0.370 e. The second kappa shape index (κ2) is 10.4. The van der Waals surface area contributed by atoms with Gasteiger partial charge in [0, 0.05) is 32.7 Å². The number of urea groups is 1. The van der Waals surface area contributed by atoms with E-state index in [0.29, 0.717) is 39.3 Å². The number of nitrogens with zero attached hydrogens (tertiary/aromatic N) is 2. The first-order valence-corrected chi connectivity index (χ1v) is 8.40. The summed E-state index contributed by atoms with van der Waals surface area (Å²) in [5, 5.41) is 5.42. The first-order chi connectivity index (χ1) is 11.7. The largest absolute Gasteiger partial charge is 0.411 e. The minimum atomic E-state index is -4.37. The zero-order valence-electron chi connectivity index (χ0n) is 14.7. The van der Waals surface area contributed by atoms with E-state index in [2.05, 4.69) is 15.4 Å². The number of carbonyl (C=O) groups excluding carboxylic acids is 2. The van der Waals surface area contributed by atoms with E-state index in [4.69, 9.17) is 0 Å². The average molecular weight is 368 g/mol. The number of amides is 3. The molecule has 1 aliphatic heterocycles. The fourth-order valence-electron chi connectivity index (χ4n) is 2.33. The minimum absolute atomic E-state index is 0.0322. The molecule has 0 radical (unpaired) electrons. The summed E-state index contributed by atoms with van der Waals surface area (Å²) >= 11 is 0. The van der Waals surface area contributed by atoms with Crippen molar-refractivity contribution >= 4 is 11.9 Å². The molecule has 1 unspecified atom stereocenters. The van der Waals surface area contributed by atoms with Crippen molar-refractivity contribution in [3.05, 3.63) is 0 Å². The highest BCUT2D eigenvalue weighted by atomic mass is 19.4. The summed E-state index contributed by atoms with van der Waals surface area (Å²) in [5.41, 5.74) is 0. The molecule has 25 heavy (non-hydrogen) atoms. The van der Waals surface area contributed by atoms with E-state index in [1.165, 1.54) is 0 Å². The maximum absolute atomic E-state index is 12.1. The Bertz CT molecular complexity index is 427. The van der Waals surface area contributed by atoms with Crippen molar-refractivity contribution in [2.45, 2.75) is 32.5 Å². The van der Waals surface area contributed by atoms with Crippen molar-refractivity contribution in [1.29, 1.82) is 0 Å². The van der Waals surface area contributed by atoms with Crippen LogP contribution >= 0.6 is 0 Å². The molecule has 146 valence electrons. The third-order valence-corrected chi connectivity index (χ3v) is 3.60.